The molecule has 2 saturated heterocycles. The minimum atomic E-state index is -0.656. The van der Waals surface area contributed by atoms with Crippen LogP contribution in [0.2, 0.25) is 0 Å². The molecule has 1 aromatic carbocycles. The molecule has 4 rings (SSSR count). The Hall–Kier alpha value is -2.67. The van der Waals surface area contributed by atoms with Crippen LogP contribution in [0.25, 0.3) is 10.9 Å². The van der Waals surface area contributed by atoms with Crippen LogP contribution < -0.4 is 5.32 Å². The predicted octanol–water partition coefficient (Wildman–Crippen LogP) is 2.55. The van der Waals surface area contributed by atoms with Crippen molar-refractivity contribution in [1.29, 1.82) is 0 Å². The van der Waals surface area contributed by atoms with Crippen molar-refractivity contribution in [2.24, 2.45) is 5.92 Å². The molecule has 0 aliphatic carbocycles. The van der Waals surface area contributed by atoms with E-state index in [4.69, 9.17) is 4.74 Å². The van der Waals surface area contributed by atoms with Crippen molar-refractivity contribution >= 4 is 28.6 Å². The smallest absolute Gasteiger partial charge is 0.253 e. The lowest BCUT2D eigenvalue weighted by atomic mass is 10.1. The molecule has 2 amide bonds. The minimum absolute atomic E-state index is 0.136. The molecule has 1 unspecified atom stereocenters. The van der Waals surface area contributed by atoms with Gasteiger partial charge >= 0.3 is 0 Å². The quantitative estimate of drug-likeness (QED) is 0.860. The van der Waals surface area contributed by atoms with Crippen LogP contribution >= 0.6 is 0 Å². The minimum Gasteiger partial charge on any atom is -0.358 e. The van der Waals surface area contributed by atoms with Crippen LogP contribution in [0.15, 0.2) is 36.5 Å². The van der Waals surface area contributed by atoms with Gasteiger partial charge in [-0.05, 0) is 31.4 Å². The van der Waals surface area contributed by atoms with Gasteiger partial charge in [0.05, 0.1) is 12.1 Å². The molecular formula is C22H27N3O4. The van der Waals surface area contributed by atoms with Gasteiger partial charge in [0.15, 0.2) is 0 Å². The SMILES string of the molecule is CC[C@@H](C)C(=O)NC1CCO[C@H]2CC[C@@H](C(=O)n3ccc4ccccc43)N2C1=O. The fraction of sp³-hybridized carbons (Fsp3) is 0.500. The third kappa shape index (κ3) is 3.55. The first-order chi connectivity index (χ1) is 14.0. The Kier molecular flexibility index (Phi) is 5.41. The summed E-state index contributed by atoms with van der Waals surface area (Å²) in [6, 6.07) is 8.33. The van der Waals surface area contributed by atoms with Gasteiger partial charge in [0.25, 0.3) is 5.91 Å². The summed E-state index contributed by atoms with van der Waals surface area (Å²) in [6.07, 6.45) is 3.63. The third-order valence-electron chi connectivity index (χ3n) is 6.10. The number of amides is 2. The van der Waals surface area contributed by atoms with Crippen LogP contribution in [0.1, 0.15) is 44.3 Å². The van der Waals surface area contributed by atoms with Crippen molar-refractivity contribution in [2.45, 2.75) is 57.8 Å². The number of aromatic nitrogens is 1. The Balaban J connectivity index is 1.58. The van der Waals surface area contributed by atoms with Crippen LogP contribution in [0.3, 0.4) is 0 Å². The molecule has 0 bridgehead atoms. The average Bonchev–Trinajstić information content (AvgIpc) is 3.32. The summed E-state index contributed by atoms with van der Waals surface area (Å²) in [5, 5.41) is 3.85. The zero-order valence-corrected chi connectivity index (χ0v) is 16.8. The first-order valence-corrected chi connectivity index (χ1v) is 10.4. The summed E-state index contributed by atoms with van der Waals surface area (Å²) in [7, 11) is 0. The number of nitrogens with zero attached hydrogens (tertiary/aromatic N) is 2. The molecule has 1 aromatic heterocycles. The number of ether oxygens (including phenoxy) is 1. The lowest BCUT2D eigenvalue weighted by Gasteiger charge is -2.30. The number of nitrogens with one attached hydrogen (secondary N) is 1. The maximum absolute atomic E-state index is 13.3. The Bertz CT molecular complexity index is 937. The van der Waals surface area contributed by atoms with Crippen molar-refractivity contribution in [3.8, 4) is 0 Å². The molecule has 3 heterocycles. The van der Waals surface area contributed by atoms with E-state index in [1.807, 2.05) is 44.2 Å². The van der Waals surface area contributed by atoms with Crippen LogP contribution in [0.4, 0.5) is 0 Å². The summed E-state index contributed by atoms with van der Waals surface area (Å²) in [6.45, 7) is 4.16. The van der Waals surface area contributed by atoms with E-state index in [2.05, 4.69) is 5.32 Å². The fourth-order valence-electron chi connectivity index (χ4n) is 4.18. The van der Waals surface area contributed by atoms with Crippen LogP contribution in [0, 0.1) is 5.92 Å². The summed E-state index contributed by atoms with van der Waals surface area (Å²) in [5.74, 6) is -0.663. The summed E-state index contributed by atoms with van der Waals surface area (Å²) in [4.78, 5) is 40.5. The number of carbonyl (C=O) groups is 3. The second-order valence-corrected chi connectivity index (χ2v) is 7.91. The monoisotopic (exact) mass is 397 g/mol. The second kappa shape index (κ2) is 7.99. The van der Waals surface area contributed by atoms with Gasteiger partial charge in [0.1, 0.15) is 18.3 Å². The second-order valence-electron chi connectivity index (χ2n) is 7.91. The summed E-state index contributed by atoms with van der Waals surface area (Å²) < 4.78 is 7.49. The highest BCUT2D eigenvalue weighted by Crippen LogP contribution is 2.30. The van der Waals surface area contributed by atoms with Crippen molar-refractivity contribution in [2.75, 3.05) is 6.61 Å². The van der Waals surface area contributed by atoms with E-state index in [-0.39, 0.29) is 23.6 Å². The molecule has 1 N–H and O–H groups in total. The largest absolute Gasteiger partial charge is 0.358 e. The van der Waals surface area contributed by atoms with E-state index < -0.39 is 18.3 Å². The maximum atomic E-state index is 13.3. The lowest BCUT2D eigenvalue weighted by Crippen LogP contribution is -2.54. The Morgan fingerprint density at radius 3 is 2.79 bits per heavy atom. The zero-order chi connectivity index (χ0) is 20.5. The topological polar surface area (TPSA) is 80.6 Å². The molecule has 7 heteroatoms. The van der Waals surface area contributed by atoms with Crippen molar-refractivity contribution in [3.05, 3.63) is 36.5 Å². The lowest BCUT2D eigenvalue weighted by molar-refractivity contribution is -0.143. The van der Waals surface area contributed by atoms with E-state index in [1.165, 1.54) is 0 Å². The van der Waals surface area contributed by atoms with Gasteiger partial charge in [0.2, 0.25) is 11.8 Å². The first-order valence-electron chi connectivity index (χ1n) is 10.4. The molecule has 154 valence electrons. The Morgan fingerprint density at radius 2 is 2.00 bits per heavy atom. The highest BCUT2D eigenvalue weighted by Gasteiger charge is 2.46. The Morgan fingerprint density at radius 1 is 1.21 bits per heavy atom. The number of benzene rings is 1. The number of fused-ring (bicyclic) bond motifs is 2. The van der Waals surface area contributed by atoms with Gasteiger partial charge in [-0.3, -0.25) is 19.0 Å². The number of hydrogen-bond donors (Lipinski definition) is 1. The molecule has 2 aliphatic rings. The number of hydrogen-bond acceptors (Lipinski definition) is 4. The number of carbonyl (C=O) groups excluding carboxylic acids is 3. The van der Waals surface area contributed by atoms with Crippen LogP contribution in [-0.2, 0) is 14.3 Å². The first kappa shape index (κ1) is 19.6. The van der Waals surface area contributed by atoms with E-state index in [0.29, 0.717) is 32.3 Å². The van der Waals surface area contributed by atoms with Gasteiger partial charge in [-0.25, -0.2) is 0 Å². The maximum Gasteiger partial charge on any atom is 0.253 e. The van der Waals surface area contributed by atoms with Gasteiger partial charge < -0.3 is 15.0 Å². The van der Waals surface area contributed by atoms with E-state index in [9.17, 15) is 14.4 Å². The molecule has 4 atom stereocenters. The highest BCUT2D eigenvalue weighted by atomic mass is 16.5. The number of para-hydroxylation sites is 1. The summed E-state index contributed by atoms with van der Waals surface area (Å²) in [5.41, 5.74) is 0.825. The number of rotatable bonds is 4. The molecule has 2 fully saturated rings. The van der Waals surface area contributed by atoms with Crippen LogP contribution in [0.5, 0.6) is 0 Å². The van der Waals surface area contributed by atoms with Gasteiger partial charge in [-0.2, -0.15) is 0 Å². The van der Waals surface area contributed by atoms with E-state index in [0.717, 1.165) is 10.9 Å². The van der Waals surface area contributed by atoms with E-state index in [1.54, 1.807) is 15.7 Å². The molecule has 0 spiro atoms. The van der Waals surface area contributed by atoms with E-state index >= 15 is 0 Å². The van der Waals surface area contributed by atoms with Crippen LogP contribution in [-0.4, -0.2) is 52.1 Å². The average molecular weight is 397 g/mol. The van der Waals surface area contributed by atoms with Crippen molar-refractivity contribution in [1.82, 2.24) is 14.8 Å². The molecule has 0 saturated carbocycles. The predicted molar refractivity (Wildman–Crippen MR) is 108 cm³/mol. The van der Waals surface area contributed by atoms with Gasteiger partial charge in [0, 0.05) is 23.9 Å². The molecule has 0 radical (unpaired) electrons. The third-order valence-corrected chi connectivity index (χ3v) is 6.10. The van der Waals surface area contributed by atoms with Gasteiger partial charge in [-0.15, -0.1) is 0 Å². The van der Waals surface area contributed by atoms with Crippen molar-refractivity contribution in [3.63, 3.8) is 0 Å². The fourth-order valence-corrected chi connectivity index (χ4v) is 4.18. The van der Waals surface area contributed by atoms with Gasteiger partial charge in [-0.1, -0.05) is 32.0 Å². The Labute approximate surface area is 170 Å². The molecule has 2 aliphatic heterocycles. The standard InChI is InChI=1S/C22H27N3O4/c1-3-14(2)20(26)23-16-11-13-29-19-9-8-18(25(19)21(16)27)22(28)24-12-10-15-6-4-5-7-17(15)24/h4-7,10,12,14,16,18-19H,3,8-9,11,13H2,1-2H3,(H,23,26)/t14-,16?,18+,19+/m1/s1. The zero-order valence-electron chi connectivity index (χ0n) is 16.8. The molecule has 2 aromatic rings. The van der Waals surface area contributed by atoms with Crippen molar-refractivity contribution < 1.29 is 19.1 Å². The summed E-state index contributed by atoms with van der Waals surface area (Å²) >= 11 is 0. The molecule has 29 heavy (non-hydrogen) atoms. The molecular weight excluding hydrogens is 370 g/mol. The normalized spacial score (nSPS) is 25.5. The highest BCUT2D eigenvalue weighted by molar-refractivity contribution is 5.98. The molecule has 7 nitrogen and oxygen atoms in total.